The van der Waals surface area contributed by atoms with E-state index < -0.39 is 65.9 Å². The standard InChI is InChI=1S/C43H57N10O13PS/c1-4-51-15-9-11-24-17-27-31(19-29(24)51)65-32-20-30-26(18-28(32)47-27)25(23-68(61,62)63)21-43(2,3)52(30)16-10-12-34(54)45-13-7-5-6-8-14-46-42-48-35-38(49-41(44)50-39(35)57)53(42)40-37(56)36(55)33(66-40)22-64-67(58,59)60/h17-21,33,36-37,40,47,55-56H,4-16,22-23H2,1-3H3,(H6,44,45,50,54,57,58,59,60,61,62,63)/p+1/t33-,36-,37-,40-/m1/s1. The SMILES string of the molecule is CC[N+]1=c2cc3c(cc2CCC1)=Nc1cc2c(cc1O3)N(CCCC(=O)NCCCCCCNc1nc3c(=O)[nH]c(N)nc3n1[C@@H]1O[C@H](COP(=O)(O)O)[C@@H](O)[C@H]1O)C(C)(C)C=C2CS(=O)(=O)O. The van der Waals surface area contributed by atoms with Gasteiger partial charge in [0.25, 0.3) is 15.7 Å². The van der Waals surface area contributed by atoms with Crippen LogP contribution in [0, 0.1) is 0 Å². The summed E-state index contributed by atoms with van der Waals surface area (Å²) >= 11 is 0. The van der Waals surface area contributed by atoms with Crippen LogP contribution in [-0.2, 0) is 35.2 Å². The third-order valence-electron chi connectivity index (χ3n) is 12.6. The molecule has 1 fully saturated rings. The summed E-state index contributed by atoms with van der Waals surface area (Å²) in [7, 11) is -9.28. The third-order valence-corrected chi connectivity index (χ3v) is 13.7. The quantitative estimate of drug-likeness (QED) is 0.0244. The van der Waals surface area contributed by atoms with Gasteiger partial charge < -0.3 is 50.7 Å². The number of unbranched alkanes of at least 4 members (excludes halogenated alkanes) is 3. The van der Waals surface area contributed by atoms with E-state index in [1.165, 1.54) is 10.1 Å². The van der Waals surface area contributed by atoms with Gasteiger partial charge in [-0.25, -0.2) is 19.1 Å². The van der Waals surface area contributed by atoms with E-state index in [0.29, 0.717) is 78.3 Å². The molecule has 1 saturated heterocycles. The molecule has 0 radical (unpaired) electrons. The first-order chi connectivity index (χ1) is 32.2. The Bertz CT molecular complexity index is 2990. The van der Waals surface area contributed by atoms with Gasteiger partial charge in [-0.15, -0.1) is 0 Å². The lowest BCUT2D eigenvalue weighted by Crippen LogP contribution is -2.46. The molecule has 0 bridgehead atoms. The molecule has 6 heterocycles. The Labute approximate surface area is 390 Å². The number of hydrogen-bond acceptors (Lipinski definition) is 16. The number of fused-ring (bicyclic) bond motifs is 5. The smallest absolute Gasteiger partial charge is 0.452 e. The molecule has 4 atom stereocenters. The molecular formula is C43H58N10O13PS+. The van der Waals surface area contributed by atoms with Gasteiger partial charge in [0.05, 0.1) is 18.2 Å². The lowest BCUT2D eigenvalue weighted by atomic mass is 9.88. The van der Waals surface area contributed by atoms with Crippen LogP contribution < -0.4 is 46.9 Å². The maximum absolute atomic E-state index is 13.0. The van der Waals surface area contributed by atoms with Gasteiger partial charge >= 0.3 is 7.82 Å². The Balaban J connectivity index is 0.846. The fraction of sp³-hybridized carbons (Fsp3) is 0.535. The number of imidazole rings is 1. The number of aromatic nitrogens is 4. The van der Waals surface area contributed by atoms with Crippen molar-refractivity contribution in [2.75, 3.05) is 61.0 Å². The largest absolute Gasteiger partial charge is 0.469 e. The first-order valence-corrected chi connectivity index (χ1v) is 25.8. The number of carbonyl (C=O) groups is 1. The maximum atomic E-state index is 13.0. The molecule has 0 unspecified atom stereocenters. The van der Waals surface area contributed by atoms with E-state index in [0.717, 1.165) is 44.1 Å². The van der Waals surface area contributed by atoms with Crippen molar-refractivity contribution >= 4 is 63.9 Å². The number of amides is 1. The molecule has 0 spiro atoms. The van der Waals surface area contributed by atoms with Gasteiger partial charge in [-0.05, 0) is 64.2 Å². The fourth-order valence-corrected chi connectivity index (χ4v) is 10.4. The summed E-state index contributed by atoms with van der Waals surface area (Å²) < 4.78 is 65.9. The molecule has 0 saturated carbocycles. The lowest BCUT2D eigenvalue weighted by Gasteiger charge is -2.44. The van der Waals surface area contributed by atoms with Crippen LogP contribution in [0.25, 0.3) is 16.7 Å². The highest BCUT2D eigenvalue weighted by Crippen LogP contribution is 2.47. The molecule has 8 rings (SSSR count). The van der Waals surface area contributed by atoms with Gasteiger partial charge in [0.2, 0.25) is 23.2 Å². The number of benzene rings is 2. The molecule has 4 aromatic rings. The van der Waals surface area contributed by atoms with Gasteiger partial charge in [-0.1, -0.05) is 18.9 Å². The number of rotatable bonds is 19. The normalized spacial score (nSPS) is 20.7. The second-order valence-corrected chi connectivity index (χ2v) is 20.6. The van der Waals surface area contributed by atoms with Crippen LogP contribution in [0.5, 0.6) is 11.5 Å². The minimum absolute atomic E-state index is 0.0550. The number of nitrogens with zero attached hydrogens (tertiary/aromatic N) is 6. The van der Waals surface area contributed by atoms with Crippen LogP contribution in [0.1, 0.15) is 83.1 Å². The fourth-order valence-electron chi connectivity index (χ4n) is 9.38. The summed E-state index contributed by atoms with van der Waals surface area (Å²) in [6.07, 6.45) is 1.49. The van der Waals surface area contributed by atoms with Crippen LogP contribution in [0.15, 0.2) is 40.1 Å². The Kier molecular flexibility index (Phi) is 14.2. The Morgan fingerprint density at radius 1 is 1.07 bits per heavy atom. The van der Waals surface area contributed by atoms with Crippen LogP contribution in [0.4, 0.5) is 23.3 Å². The van der Waals surface area contributed by atoms with Crippen LogP contribution in [-0.4, -0.2) is 127 Å². The van der Waals surface area contributed by atoms with E-state index >= 15 is 0 Å². The number of carbonyl (C=O) groups excluding carboxylic acids is 1. The number of phosphoric acid groups is 1. The van der Waals surface area contributed by atoms with E-state index in [-0.39, 0.29) is 35.4 Å². The average molecular weight is 986 g/mol. The van der Waals surface area contributed by atoms with Crippen molar-refractivity contribution in [2.45, 2.75) is 102 Å². The molecule has 368 valence electrons. The monoisotopic (exact) mass is 985 g/mol. The Morgan fingerprint density at radius 3 is 2.57 bits per heavy atom. The van der Waals surface area contributed by atoms with Crippen molar-refractivity contribution < 1.29 is 56.3 Å². The van der Waals surface area contributed by atoms with Gasteiger partial charge in [-0.2, -0.15) is 13.4 Å². The number of nitrogen functional groups attached to an aromatic ring is 1. The number of nitrogens with two attached hydrogens (primary N) is 1. The number of H-pyrrole nitrogens is 1. The zero-order chi connectivity index (χ0) is 48.7. The summed E-state index contributed by atoms with van der Waals surface area (Å²) in [6.45, 7) is 8.43. The van der Waals surface area contributed by atoms with E-state index in [2.05, 4.69) is 52.6 Å². The second kappa shape index (κ2) is 19.6. The Hall–Kier alpha value is -5.30. The number of phosphoric ester groups is 1. The van der Waals surface area contributed by atoms with Gasteiger partial charge in [0.15, 0.2) is 28.9 Å². The molecule has 4 aliphatic rings. The number of aliphatic hydroxyl groups is 2. The highest BCUT2D eigenvalue weighted by molar-refractivity contribution is 7.86. The van der Waals surface area contributed by atoms with E-state index in [1.54, 1.807) is 0 Å². The summed E-state index contributed by atoms with van der Waals surface area (Å²) in [5.41, 5.74) is 7.81. The molecule has 1 amide bonds. The van der Waals surface area contributed by atoms with E-state index in [9.17, 15) is 37.3 Å². The Morgan fingerprint density at radius 2 is 1.84 bits per heavy atom. The highest BCUT2D eigenvalue weighted by Gasteiger charge is 2.46. The zero-order valence-electron chi connectivity index (χ0n) is 37.9. The topological polar surface area (TPSA) is 329 Å². The molecule has 10 N–H and O–H groups in total. The zero-order valence-corrected chi connectivity index (χ0v) is 39.6. The molecule has 23 nitrogen and oxygen atoms in total. The lowest BCUT2D eigenvalue weighted by molar-refractivity contribution is -0.121. The summed E-state index contributed by atoms with van der Waals surface area (Å²) in [5, 5.41) is 29.4. The van der Waals surface area contributed by atoms with Crippen molar-refractivity contribution in [3.8, 4) is 11.5 Å². The second-order valence-electron chi connectivity index (χ2n) is 17.9. The number of nitrogens with one attached hydrogen (secondary N) is 3. The van der Waals surface area contributed by atoms with Crippen molar-refractivity contribution in [3.63, 3.8) is 0 Å². The maximum Gasteiger partial charge on any atom is 0.469 e. The van der Waals surface area contributed by atoms with Crippen molar-refractivity contribution in [1.29, 1.82) is 0 Å². The van der Waals surface area contributed by atoms with Gasteiger partial charge in [-0.3, -0.25) is 28.2 Å². The number of hydrogen-bond donors (Lipinski definition) is 9. The predicted octanol–water partition coefficient (Wildman–Crippen LogP) is 1.38. The van der Waals surface area contributed by atoms with E-state index in [4.69, 9.17) is 30.0 Å². The number of ether oxygens (including phenoxy) is 2. The van der Waals surface area contributed by atoms with Gasteiger partial charge in [0, 0.05) is 55.4 Å². The number of aromatic amines is 1. The molecular weight excluding hydrogens is 928 g/mol. The minimum Gasteiger partial charge on any atom is -0.452 e. The van der Waals surface area contributed by atoms with Crippen LogP contribution in [0.3, 0.4) is 0 Å². The summed E-state index contributed by atoms with van der Waals surface area (Å²) in [5.74, 6) is 0.331. The molecule has 0 aliphatic carbocycles. The summed E-state index contributed by atoms with van der Waals surface area (Å²) in [6, 6.07) is 7.81. The molecule has 2 aromatic heterocycles. The molecule has 25 heteroatoms. The van der Waals surface area contributed by atoms with Gasteiger partial charge in [0.1, 0.15) is 48.2 Å². The molecule has 4 aliphatic heterocycles. The first kappa shape index (κ1) is 49.1. The van der Waals surface area contributed by atoms with Crippen molar-refractivity contribution in [3.05, 3.63) is 62.5 Å². The van der Waals surface area contributed by atoms with E-state index in [1.807, 2.05) is 38.1 Å². The van der Waals surface area contributed by atoms with Crippen LogP contribution in [0.2, 0.25) is 0 Å². The van der Waals surface area contributed by atoms with Crippen LogP contribution >= 0.6 is 7.82 Å². The number of aliphatic hydroxyl groups excluding tert-OH is 2. The highest BCUT2D eigenvalue weighted by atomic mass is 32.2. The van der Waals surface area contributed by atoms with Crippen molar-refractivity contribution in [1.82, 2.24) is 29.4 Å². The molecule has 68 heavy (non-hydrogen) atoms. The predicted molar refractivity (Wildman–Crippen MR) is 250 cm³/mol. The minimum atomic E-state index is -4.91. The number of anilines is 3. The third kappa shape index (κ3) is 10.8. The molecule has 2 aromatic carbocycles. The summed E-state index contributed by atoms with van der Waals surface area (Å²) in [4.78, 5) is 61.9. The first-order valence-electron chi connectivity index (χ1n) is 22.6. The number of aryl methyl sites for hydroxylation is 1. The van der Waals surface area contributed by atoms with Crippen molar-refractivity contribution in [2.24, 2.45) is 4.99 Å². The average Bonchev–Trinajstić information content (AvgIpc) is 3.76.